The van der Waals surface area contributed by atoms with Gasteiger partial charge in [-0.05, 0) is 74.4 Å². The van der Waals surface area contributed by atoms with E-state index in [2.05, 4.69) is 25.6 Å². The van der Waals surface area contributed by atoms with E-state index in [1.54, 1.807) is 49.1 Å². The van der Waals surface area contributed by atoms with Gasteiger partial charge >= 0.3 is 0 Å². The predicted octanol–water partition coefficient (Wildman–Crippen LogP) is 4.22. The van der Waals surface area contributed by atoms with Gasteiger partial charge in [-0.1, -0.05) is 18.2 Å². The Labute approximate surface area is 246 Å². The van der Waals surface area contributed by atoms with Crippen LogP contribution >= 0.6 is 0 Å². The normalized spacial score (nSPS) is 22.5. The maximum absolute atomic E-state index is 14.9. The summed E-state index contributed by atoms with van der Waals surface area (Å²) < 4.78 is 30.8. The van der Waals surface area contributed by atoms with Crippen LogP contribution in [0.4, 0.5) is 14.6 Å². The number of pyridine rings is 2. The fourth-order valence-corrected chi connectivity index (χ4v) is 6.89. The predicted molar refractivity (Wildman–Crippen MR) is 152 cm³/mol. The summed E-state index contributed by atoms with van der Waals surface area (Å²) in [6.45, 7) is 3.53. The number of fused-ring (bicyclic) bond motifs is 4. The highest BCUT2D eigenvalue weighted by Gasteiger charge is 2.51. The molecule has 0 fully saturated rings. The number of aromatic nitrogens is 4. The van der Waals surface area contributed by atoms with E-state index in [0.29, 0.717) is 43.0 Å². The number of halogens is 2. The van der Waals surface area contributed by atoms with E-state index in [1.807, 2.05) is 12.1 Å². The molecule has 220 valence electrons. The summed E-state index contributed by atoms with van der Waals surface area (Å²) in [5, 5.41) is 16.8. The number of imidazole rings is 1. The zero-order chi connectivity index (χ0) is 30.1. The molecule has 1 aromatic carbocycles. The Bertz CT molecular complexity index is 1800. The smallest absolute Gasteiger partial charge is 0.270 e. The molecule has 0 saturated heterocycles. The monoisotopic (exact) mass is 584 g/mol. The molecule has 2 amide bonds. The lowest BCUT2D eigenvalue weighted by atomic mass is 9.79. The molecule has 0 saturated carbocycles. The summed E-state index contributed by atoms with van der Waals surface area (Å²) in [5.41, 5.74) is 1.56. The van der Waals surface area contributed by atoms with Crippen molar-refractivity contribution in [2.75, 3.05) is 5.32 Å². The topological polar surface area (TPSA) is 122 Å². The van der Waals surface area contributed by atoms with Crippen LogP contribution in [-0.2, 0) is 35.2 Å². The standard InChI is InChI=1S/C32H30F2N6O3/c1-31(2,43)25-15-37-28-23(9-8-17(16-40(25)28)20-5-3-7-22(33)26(20)34)38-29(41)24-11-18-12-32(13-19(18)14-36-24)21-6-4-10-35-27(21)39-30(32)42/h3-7,10-11,14-15,17,23,43H,8-9,12-13,16H2,1-2H3,(H,38,41)(H,35,39,42)/t17-,23?,32?/m1/s1. The van der Waals surface area contributed by atoms with E-state index in [9.17, 15) is 23.5 Å². The third-order valence-corrected chi connectivity index (χ3v) is 9.05. The van der Waals surface area contributed by atoms with Gasteiger partial charge in [-0.3, -0.25) is 14.6 Å². The Kier molecular flexibility index (Phi) is 6.21. The number of nitrogens with one attached hydrogen (secondary N) is 2. The van der Waals surface area contributed by atoms with Crippen molar-refractivity contribution in [2.24, 2.45) is 0 Å². The van der Waals surface area contributed by atoms with Gasteiger partial charge in [-0.25, -0.2) is 18.7 Å². The molecule has 3 aliphatic rings. The van der Waals surface area contributed by atoms with Crippen LogP contribution in [0.25, 0.3) is 0 Å². The first kappa shape index (κ1) is 27.3. The minimum Gasteiger partial charge on any atom is -0.384 e. The number of hydrogen-bond acceptors (Lipinski definition) is 6. The molecule has 7 rings (SSSR count). The summed E-state index contributed by atoms with van der Waals surface area (Å²) in [4.78, 5) is 40.0. The highest BCUT2D eigenvalue weighted by Crippen LogP contribution is 2.46. The summed E-state index contributed by atoms with van der Waals surface area (Å²) in [6.07, 6.45) is 6.62. The number of nitrogens with zero attached hydrogens (tertiary/aromatic N) is 4. The zero-order valence-corrected chi connectivity index (χ0v) is 23.7. The minimum absolute atomic E-state index is 0.111. The van der Waals surface area contributed by atoms with Gasteiger partial charge in [0, 0.05) is 30.4 Å². The minimum atomic E-state index is -1.26. The van der Waals surface area contributed by atoms with Gasteiger partial charge in [-0.15, -0.1) is 0 Å². The van der Waals surface area contributed by atoms with Gasteiger partial charge in [-0.2, -0.15) is 0 Å². The Hall–Kier alpha value is -4.51. The van der Waals surface area contributed by atoms with Crippen LogP contribution in [-0.4, -0.2) is 36.4 Å². The molecule has 1 spiro atoms. The number of amides is 2. The van der Waals surface area contributed by atoms with Crippen LogP contribution in [0.2, 0.25) is 0 Å². The molecule has 43 heavy (non-hydrogen) atoms. The second kappa shape index (κ2) is 9.77. The van der Waals surface area contributed by atoms with Gasteiger partial charge in [0.15, 0.2) is 11.6 Å². The van der Waals surface area contributed by atoms with Crippen molar-refractivity contribution < 1.29 is 23.5 Å². The van der Waals surface area contributed by atoms with Crippen LogP contribution in [0.5, 0.6) is 0 Å². The molecule has 0 radical (unpaired) electrons. The summed E-state index contributed by atoms with van der Waals surface area (Å²) in [7, 11) is 0. The van der Waals surface area contributed by atoms with Crippen molar-refractivity contribution in [3.63, 3.8) is 0 Å². The maximum atomic E-state index is 14.9. The van der Waals surface area contributed by atoms with Gasteiger partial charge in [0.2, 0.25) is 5.91 Å². The Morgan fingerprint density at radius 1 is 1.09 bits per heavy atom. The molecule has 3 aromatic heterocycles. The highest BCUT2D eigenvalue weighted by atomic mass is 19.2. The fraction of sp³-hybridized carbons (Fsp3) is 0.344. The summed E-state index contributed by atoms with van der Waals surface area (Å²) in [5.74, 6) is -1.65. The maximum Gasteiger partial charge on any atom is 0.270 e. The lowest BCUT2D eigenvalue weighted by molar-refractivity contribution is -0.120. The Morgan fingerprint density at radius 3 is 2.72 bits per heavy atom. The van der Waals surface area contributed by atoms with Crippen molar-refractivity contribution in [2.45, 2.75) is 69.1 Å². The Morgan fingerprint density at radius 2 is 1.91 bits per heavy atom. The third-order valence-electron chi connectivity index (χ3n) is 9.05. The molecule has 1 aliphatic carbocycles. The van der Waals surface area contributed by atoms with Crippen molar-refractivity contribution in [1.82, 2.24) is 24.8 Å². The van der Waals surface area contributed by atoms with Crippen LogP contribution in [0, 0.1) is 11.6 Å². The average Bonchev–Trinajstić information content (AvgIpc) is 3.62. The van der Waals surface area contributed by atoms with Crippen LogP contribution < -0.4 is 10.6 Å². The largest absolute Gasteiger partial charge is 0.384 e. The first-order chi connectivity index (χ1) is 20.5. The van der Waals surface area contributed by atoms with Gasteiger partial charge in [0.1, 0.15) is 22.9 Å². The first-order valence-electron chi connectivity index (χ1n) is 14.3. The second-order valence-corrected chi connectivity index (χ2v) is 12.2. The van der Waals surface area contributed by atoms with Gasteiger partial charge in [0.25, 0.3) is 5.91 Å². The van der Waals surface area contributed by atoms with E-state index in [4.69, 9.17) is 0 Å². The number of aliphatic hydroxyl groups is 1. The molecular weight excluding hydrogens is 554 g/mol. The molecule has 11 heteroatoms. The van der Waals surface area contributed by atoms with Crippen molar-refractivity contribution in [3.05, 3.63) is 106 Å². The van der Waals surface area contributed by atoms with Crippen molar-refractivity contribution in [1.29, 1.82) is 0 Å². The number of rotatable bonds is 4. The molecule has 5 heterocycles. The highest BCUT2D eigenvalue weighted by molar-refractivity contribution is 6.06. The molecule has 2 aliphatic heterocycles. The van der Waals surface area contributed by atoms with E-state index in [0.717, 1.165) is 22.8 Å². The molecule has 2 unspecified atom stereocenters. The van der Waals surface area contributed by atoms with Crippen molar-refractivity contribution >= 4 is 17.6 Å². The van der Waals surface area contributed by atoms with E-state index < -0.39 is 40.5 Å². The van der Waals surface area contributed by atoms with Crippen LogP contribution in [0.1, 0.15) is 82.9 Å². The second-order valence-electron chi connectivity index (χ2n) is 12.2. The van der Waals surface area contributed by atoms with Crippen LogP contribution in [0.3, 0.4) is 0 Å². The molecule has 9 nitrogen and oxygen atoms in total. The molecular formula is C32H30F2N6O3. The number of anilines is 1. The average molecular weight is 585 g/mol. The molecule has 3 N–H and O–H groups in total. The molecule has 4 aromatic rings. The number of hydrogen-bond donors (Lipinski definition) is 3. The van der Waals surface area contributed by atoms with E-state index in [-0.39, 0.29) is 23.7 Å². The number of carbonyl (C=O) groups is 2. The molecule has 3 atom stereocenters. The van der Waals surface area contributed by atoms with Gasteiger partial charge in [0.05, 0.1) is 23.3 Å². The number of benzene rings is 1. The van der Waals surface area contributed by atoms with E-state index >= 15 is 0 Å². The van der Waals surface area contributed by atoms with Gasteiger partial charge < -0.3 is 20.3 Å². The van der Waals surface area contributed by atoms with Crippen molar-refractivity contribution in [3.8, 4) is 0 Å². The lowest BCUT2D eigenvalue weighted by Crippen LogP contribution is -2.35. The fourth-order valence-electron chi connectivity index (χ4n) is 6.89. The van der Waals surface area contributed by atoms with Crippen LogP contribution in [0.15, 0.2) is 55.0 Å². The Balaban J connectivity index is 1.17. The quantitative estimate of drug-likeness (QED) is 0.330. The molecule has 0 bridgehead atoms. The summed E-state index contributed by atoms with van der Waals surface area (Å²) >= 11 is 0. The number of carbonyl (C=O) groups excluding carboxylic acids is 2. The summed E-state index contributed by atoms with van der Waals surface area (Å²) in [6, 6.07) is 9.03. The zero-order valence-electron chi connectivity index (χ0n) is 23.7. The third kappa shape index (κ3) is 4.41. The first-order valence-corrected chi connectivity index (χ1v) is 14.3. The lowest BCUT2D eigenvalue weighted by Gasteiger charge is -2.23. The van der Waals surface area contributed by atoms with E-state index in [1.165, 1.54) is 6.07 Å². The SMILES string of the molecule is CC(C)(O)c1cnc2n1C[C@H](c1cccc(F)c1F)CCC2NC(=O)c1cc2c(cn1)CC1(C2)C(=O)Nc2ncccc21.